The third-order valence-electron chi connectivity index (χ3n) is 5.75. The number of aliphatic hydroxyl groups excluding tert-OH is 1. The van der Waals surface area contributed by atoms with E-state index < -0.39 is 5.82 Å². The van der Waals surface area contributed by atoms with E-state index in [0.29, 0.717) is 35.4 Å². The van der Waals surface area contributed by atoms with Crippen molar-refractivity contribution >= 4 is 40.5 Å². The predicted octanol–water partition coefficient (Wildman–Crippen LogP) is 4.79. The van der Waals surface area contributed by atoms with E-state index in [0.717, 1.165) is 17.3 Å². The number of carbonyl (C=O) groups excluding carboxylic acids is 1. The molecule has 3 aromatic rings. The van der Waals surface area contributed by atoms with Gasteiger partial charge in [-0.25, -0.2) is 4.39 Å². The maximum atomic E-state index is 13.5. The van der Waals surface area contributed by atoms with Crippen LogP contribution in [0.4, 0.5) is 15.8 Å². The summed E-state index contributed by atoms with van der Waals surface area (Å²) in [6.07, 6.45) is 0. The molecule has 0 spiro atoms. The van der Waals surface area contributed by atoms with Crippen molar-refractivity contribution in [2.24, 2.45) is 0 Å². The molecule has 1 fully saturated rings. The molecule has 4 rings (SSSR count). The summed E-state index contributed by atoms with van der Waals surface area (Å²) < 4.78 is 18.9. The lowest BCUT2D eigenvalue weighted by molar-refractivity contribution is 0.0723. The van der Waals surface area contributed by atoms with Gasteiger partial charge in [-0.1, -0.05) is 35.3 Å². The second kappa shape index (κ2) is 10.5. The van der Waals surface area contributed by atoms with E-state index in [-0.39, 0.29) is 36.4 Å². The number of rotatable bonds is 6. The molecule has 1 heterocycles. The summed E-state index contributed by atoms with van der Waals surface area (Å²) in [6.45, 7) is 1.40. The number of anilines is 2. The molecule has 0 aliphatic carbocycles. The first kappa shape index (κ1) is 24.1. The third kappa shape index (κ3) is 5.22. The van der Waals surface area contributed by atoms with Gasteiger partial charge in [0.05, 0.1) is 28.9 Å². The van der Waals surface area contributed by atoms with Gasteiger partial charge in [-0.05, 0) is 48.0 Å². The van der Waals surface area contributed by atoms with Crippen molar-refractivity contribution in [1.82, 2.24) is 4.90 Å². The normalized spacial score (nSPS) is 15.9. The highest BCUT2D eigenvalue weighted by molar-refractivity contribution is 6.33. The molecular formula is C25H24Cl2FN3O3. The molecule has 0 bridgehead atoms. The average Bonchev–Trinajstić information content (AvgIpc) is 2.83. The molecule has 3 aromatic carbocycles. The number of carbonyl (C=O) groups is 1. The second-order valence-electron chi connectivity index (χ2n) is 7.93. The Hall–Kier alpha value is -3.00. The largest absolute Gasteiger partial charge is 0.491 e. The highest BCUT2D eigenvalue weighted by atomic mass is 35.5. The van der Waals surface area contributed by atoms with Gasteiger partial charge in [0, 0.05) is 36.4 Å². The third-order valence-corrected chi connectivity index (χ3v) is 6.31. The molecule has 6 nitrogen and oxygen atoms in total. The minimum absolute atomic E-state index is 0.0907. The lowest BCUT2D eigenvalue weighted by Gasteiger charge is -2.43. The fraction of sp³-hybridized carbons (Fsp3) is 0.240. The molecule has 1 aliphatic rings. The number of hydrogen-bond donors (Lipinski definition) is 2. The molecule has 1 atom stereocenters. The van der Waals surface area contributed by atoms with E-state index in [1.807, 2.05) is 18.2 Å². The van der Waals surface area contributed by atoms with Gasteiger partial charge in [0.15, 0.2) is 0 Å². The number of nitrogen functional groups attached to an aromatic ring is 1. The van der Waals surface area contributed by atoms with E-state index in [4.69, 9.17) is 38.8 Å². The molecule has 1 saturated heterocycles. The summed E-state index contributed by atoms with van der Waals surface area (Å²) in [5, 5.41) is 10.1. The average molecular weight is 504 g/mol. The van der Waals surface area contributed by atoms with Crippen LogP contribution in [0.5, 0.6) is 5.75 Å². The van der Waals surface area contributed by atoms with Gasteiger partial charge in [-0.3, -0.25) is 4.79 Å². The van der Waals surface area contributed by atoms with Crippen LogP contribution in [0.3, 0.4) is 0 Å². The quantitative estimate of drug-likeness (QED) is 0.472. The van der Waals surface area contributed by atoms with Gasteiger partial charge in [0.1, 0.15) is 18.2 Å². The zero-order valence-electron chi connectivity index (χ0n) is 18.3. The van der Waals surface area contributed by atoms with Crippen molar-refractivity contribution in [2.75, 3.05) is 43.5 Å². The van der Waals surface area contributed by atoms with E-state index in [9.17, 15) is 9.18 Å². The van der Waals surface area contributed by atoms with Gasteiger partial charge >= 0.3 is 0 Å². The minimum atomic E-state index is -0.487. The van der Waals surface area contributed by atoms with E-state index in [1.54, 1.807) is 29.2 Å². The van der Waals surface area contributed by atoms with Crippen LogP contribution in [-0.4, -0.2) is 48.8 Å². The van der Waals surface area contributed by atoms with Crippen molar-refractivity contribution in [3.63, 3.8) is 0 Å². The Morgan fingerprint density at radius 2 is 1.85 bits per heavy atom. The Bertz CT molecular complexity index is 1180. The molecule has 1 amide bonds. The van der Waals surface area contributed by atoms with Crippen LogP contribution in [0.2, 0.25) is 10.0 Å². The highest BCUT2D eigenvalue weighted by Crippen LogP contribution is 2.37. The van der Waals surface area contributed by atoms with Crippen LogP contribution in [0.25, 0.3) is 0 Å². The molecule has 3 N–H and O–H groups in total. The number of nitrogens with zero attached hydrogens (tertiary/aromatic N) is 2. The lowest BCUT2D eigenvalue weighted by Crippen LogP contribution is -2.50. The fourth-order valence-electron chi connectivity index (χ4n) is 4.10. The van der Waals surface area contributed by atoms with E-state index in [2.05, 4.69) is 4.90 Å². The van der Waals surface area contributed by atoms with Crippen LogP contribution in [0.1, 0.15) is 22.0 Å². The Labute approximate surface area is 207 Å². The first-order valence-corrected chi connectivity index (χ1v) is 11.5. The topological polar surface area (TPSA) is 79.0 Å². The fourth-order valence-corrected chi connectivity index (χ4v) is 4.50. The maximum Gasteiger partial charge on any atom is 0.256 e. The first-order valence-electron chi connectivity index (χ1n) is 10.8. The smallest absolute Gasteiger partial charge is 0.256 e. The van der Waals surface area contributed by atoms with Crippen LogP contribution in [-0.2, 0) is 0 Å². The van der Waals surface area contributed by atoms with Gasteiger partial charge in [-0.2, -0.15) is 0 Å². The highest BCUT2D eigenvalue weighted by Gasteiger charge is 2.33. The number of aliphatic hydroxyl groups is 1. The van der Waals surface area contributed by atoms with E-state index in [1.165, 1.54) is 12.1 Å². The number of halogens is 3. The predicted molar refractivity (Wildman–Crippen MR) is 132 cm³/mol. The monoisotopic (exact) mass is 503 g/mol. The molecule has 1 aliphatic heterocycles. The van der Waals surface area contributed by atoms with Gasteiger partial charge < -0.3 is 25.4 Å². The molecule has 0 saturated carbocycles. The Balaban J connectivity index is 1.64. The molecule has 0 aromatic heterocycles. The maximum absolute atomic E-state index is 13.5. The zero-order valence-corrected chi connectivity index (χ0v) is 19.8. The van der Waals surface area contributed by atoms with Crippen molar-refractivity contribution in [3.05, 3.63) is 87.7 Å². The molecular weight excluding hydrogens is 480 g/mol. The molecule has 178 valence electrons. The van der Waals surface area contributed by atoms with Gasteiger partial charge in [0.2, 0.25) is 0 Å². The Morgan fingerprint density at radius 1 is 1.09 bits per heavy atom. The van der Waals surface area contributed by atoms with Crippen LogP contribution in [0, 0.1) is 5.82 Å². The van der Waals surface area contributed by atoms with E-state index >= 15 is 0 Å². The summed E-state index contributed by atoms with van der Waals surface area (Å²) in [6, 6.07) is 16.4. The number of benzene rings is 3. The van der Waals surface area contributed by atoms with Gasteiger partial charge in [0.25, 0.3) is 5.91 Å². The first-order chi connectivity index (χ1) is 16.4. The van der Waals surface area contributed by atoms with Crippen LogP contribution < -0.4 is 15.4 Å². The van der Waals surface area contributed by atoms with Crippen LogP contribution >= 0.6 is 23.2 Å². The summed E-state index contributed by atoms with van der Waals surface area (Å²) in [4.78, 5) is 17.1. The number of hydrogen-bond acceptors (Lipinski definition) is 5. The van der Waals surface area contributed by atoms with Crippen LogP contribution in [0.15, 0.2) is 60.7 Å². The molecule has 0 radical (unpaired) electrons. The van der Waals surface area contributed by atoms with Gasteiger partial charge in [-0.15, -0.1) is 0 Å². The van der Waals surface area contributed by atoms with Crippen molar-refractivity contribution in [1.29, 1.82) is 0 Å². The van der Waals surface area contributed by atoms with Crippen molar-refractivity contribution < 1.29 is 19.0 Å². The summed E-state index contributed by atoms with van der Waals surface area (Å²) in [5.74, 6) is -0.180. The number of ether oxygens (including phenoxy) is 1. The van der Waals surface area contributed by atoms with Crippen molar-refractivity contribution in [2.45, 2.75) is 6.04 Å². The molecule has 34 heavy (non-hydrogen) atoms. The summed E-state index contributed by atoms with van der Waals surface area (Å²) >= 11 is 12.7. The standard InChI is InChI=1S/C25H24Cl2FN3O3/c26-17-3-1-16(2-4-17)24-15-30(25(33)20-7-5-18(28)13-22(20)29)9-10-31(24)23-8-6-19(14-21(23)27)34-12-11-32/h1-8,13-14,24,32H,9-12,15,29H2/t24-/m0/s1. The molecule has 0 unspecified atom stereocenters. The molecule has 9 heteroatoms. The second-order valence-corrected chi connectivity index (χ2v) is 8.77. The number of nitrogens with two attached hydrogens (primary N) is 1. The minimum Gasteiger partial charge on any atom is -0.491 e. The zero-order chi connectivity index (χ0) is 24.2. The number of amides is 1. The summed E-state index contributed by atoms with van der Waals surface area (Å²) in [7, 11) is 0. The summed E-state index contributed by atoms with van der Waals surface area (Å²) in [5.41, 5.74) is 8.06. The lowest BCUT2D eigenvalue weighted by atomic mass is 10.00. The van der Waals surface area contributed by atoms with Crippen molar-refractivity contribution in [3.8, 4) is 5.75 Å². The Kier molecular flexibility index (Phi) is 7.46. The number of piperazine rings is 1. The Morgan fingerprint density at radius 3 is 2.53 bits per heavy atom. The SMILES string of the molecule is Nc1cc(F)ccc1C(=O)N1CCN(c2ccc(OCCO)cc2Cl)[C@H](c2ccc(Cl)cc2)C1.